The highest BCUT2D eigenvalue weighted by molar-refractivity contribution is 5.84. The molecule has 1 fully saturated rings. The van der Waals surface area contributed by atoms with Crippen molar-refractivity contribution in [1.29, 1.82) is 0 Å². The summed E-state index contributed by atoms with van der Waals surface area (Å²) in [5.41, 5.74) is 0.724. The summed E-state index contributed by atoms with van der Waals surface area (Å²) >= 11 is 0. The summed E-state index contributed by atoms with van der Waals surface area (Å²) < 4.78 is 11.9. The fraction of sp³-hybridized carbons (Fsp3) is 0.333. The van der Waals surface area contributed by atoms with Gasteiger partial charge in [0.15, 0.2) is 5.69 Å². The molecule has 9 nitrogen and oxygen atoms in total. The SMILES string of the molecule is O=C(N[C@H]1COC[C@H]1n1cc(C(=O)O)nn1)OCc1ccccc1. The van der Waals surface area contributed by atoms with Crippen LogP contribution in [0.5, 0.6) is 0 Å². The molecule has 2 heterocycles. The topological polar surface area (TPSA) is 116 Å². The van der Waals surface area contributed by atoms with E-state index in [1.165, 1.54) is 10.9 Å². The maximum Gasteiger partial charge on any atom is 0.407 e. The summed E-state index contributed by atoms with van der Waals surface area (Å²) in [5, 5.41) is 19.0. The van der Waals surface area contributed by atoms with E-state index in [0.29, 0.717) is 6.61 Å². The number of nitrogens with one attached hydrogen (secondary N) is 1. The smallest absolute Gasteiger partial charge is 0.407 e. The van der Waals surface area contributed by atoms with Crippen LogP contribution < -0.4 is 5.32 Å². The number of aromatic carboxylic acids is 1. The predicted octanol–water partition coefficient (Wildman–Crippen LogP) is 0.843. The van der Waals surface area contributed by atoms with Crippen molar-refractivity contribution in [3.63, 3.8) is 0 Å². The van der Waals surface area contributed by atoms with Crippen LogP contribution in [0.1, 0.15) is 22.1 Å². The number of hydrogen-bond donors (Lipinski definition) is 2. The van der Waals surface area contributed by atoms with Gasteiger partial charge in [-0.3, -0.25) is 0 Å². The van der Waals surface area contributed by atoms with E-state index in [-0.39, 0.29) is 31.0 Å². The van der Waals surface area contributed by atoms with Gasteiger partial charge in [0, 0.05) is 0 Å². The summed E-state index contributed by atoms with van der Waals surface area (Å²) in [4.78, 5) is 22.8. The molecule has 2 atom stereocenters. The Balaban J connectivity index is 1.57. The molecule has 3 rings (SSSR count). The van der Waals surface area contributed by atoms with Gasteiger partial charge >= 0.3 is 12.1 Å². The molecule has 24 heavy (non-hydrogen) atoms. The molecule has 2 N–H and O–H groups in total. The molecule has 0 unspecified atom stereocenters. The molecular formula is C15H16N4O5. The highest BCUT2D eigenvalue weighted by Gasteiger charge is 2.33. The zero-order valence-corrected chi connectivity index (χ0v) is 12.7. The molecule has 0 bridgehead atoms. The average Bonchev–Trinajstić information content (AvgIpc) is 3.22. The number of nitrogens with zero attached hydrogens (tertiary/aromatic N) is 3. The Morgan fingerprint density at radius 2 is 2.12 bits per heavy atom. The van der Waals surface area contributed by atoms with Gasteiger partial charge in [0.25, 0.3) is 0 Å². The second-order valence-electron chi connectivity index (χ2n) is 5.31. The number of rotatable bonds is 5. The van der Waals surface area contributed by atoms with Crippen molar-refractivity contribution in [3.05, 3.63) is 47.8 Å². The predicted molar refractivity (Wildman–Crippen MR) is 80.4 cm³/mol. The van der Waals surface area contributed by atoms with E-state index in [1.807, 2.05) is 30.3 Å². The van der Waals surface area contributed by atoms with Crippen LogP contribution in [-0.2, 0) is 16.1 Å². The highest BCUT2D eigenvalue weighted by Crippen LogP contribution is 2.19. The molecule has 9 heteroatoms. The van der Waals surface area contributed by atoms with E-state index in [9.17, 15) is 9.59 Å². The van der Waals surface area contributed by atoms with Crippen LogP contribution in [0.15, 0.2) is 36.5 Å². The van der Waals surface area contributed by atoms with Crippen LogP contribution in [0.3, 0.4) is 0 Å². The Labute approximate surface area is 137 Å². The molecule has 0 saturated carbocycles. The summed E-state index contributed by atoms with van der Waals surface area (Å²) in [6, 6.07) is 8.61. The Kier molecular flexibility index (Phi) is 4.71. The molecule has 1 aliphatic rings. The van der Waals surface area contributed by atoms with Gasteiger partial charge in [-0.1, -0.05) is 35.5 Å². The van der Waals surface area contributed by atoms with Crippen molar-refractivity contribution in [2.45, 2.75) is 18.7 Å². The minimum Gasteiger partial charge on any atom is -0.476 e. The number of carbonyl (C=O) groups excluding carboxylic acids is 1. The summed E-state index contributed by atoms with van der Waals surface area (Å²) in [7, 11) is 0. The molecule has 1 aromatic heterocycles. The van der Waals surface area contributed by atoms with E-state index >= 15 is 0 Å². The van der Waals surface area contributed by atoms with Gasteiger partial charge in [-0.2, -0.15) is 0 Å². The van der Waals surface area contributed by atoms with Gasteiger partial charge < -0.3 is 19.9 Å². The van der Waals surface area contributed by atoms with Crippen LogP contribution >= 0.6 is 0 Å². The minimum absolute atomic E-state index is 0.160. The van der Waals surface area contributed by atoms with Crippen molar-refractivity contribution in [1.82, 2.24) is 20.3 Å². The zero-order chi connectivity index (χ0) is 16.9. The normalized spacial score (nSPS) is 19.8. The Morgan fingerprint density at radius 3 is 2.83 bits per heavy atom. The number of carboxylic acid groups (broad SMARTS) is 1. The number of amides is 1. The number of benzene rings is 1. The van der Waals surface area contributed by atoms with E-state index in [4.69, 9.17) is 14.6 Å². The molecule has 0 aliphatic carbocycles. The maximum absolute atomic E-state index is 11.9. The van der Waals surface area contributed by atoms with Crippen molar-refractivity contribution in [3.8, 4) is 0 Å². The van der Waals surface area contributed by atoms with Gasteiger partial charge in [-0.15, -0.1) is 5.10 Å². The lowest BCUT2D eigenvalue weighted by molar-refractivity contribution is 0.0690. The van der Waals surface area contributed by atoms with Crippen molar-refractivity contribution < 1.29 is 24.2 Å². The van der Waals surface area contributed by atoms with Crippen LogP contribution in [-0.4, -0.2) is 51.4 Å². The van der Waals surface area contributed by atoms with Crippen molar-refractivity contribution >= 4 is 12.1 Å². The first-order valence-corrected chi connectivity index (χ1v) is 7.33. The summed E-state index contributed by atoms with van der Waals surface area (Å²) in [6.45, 7) is 0.747. The van der Waals surface area contributed by atoms with E-state index in [0.717, 1.165) is 5.56 Å². The number of carboxylic acids is 1. The molecule has 1 amide bonds. The third kappa shape index (κ3) is 3.69. The van der Waals surface area contributed by atoms with E-state index in [1.54, 1.807) is 0 Å². The van der Waals surface area contributed by atoms with Crippen LogP contribution in [0.25, 0.3) is 0 Å². The molecule has 126 valence electrons. The molecule has 1 aromatic carbocycles. The molecule has 1 aliphatic heterocycles. The van der Waals surface area contributed by atoms with Crippen molar-refractivity contribution in [2.24, 2.45) is 0 Å². The first-order chi connectivity index (χ1) is 11.6. The maximum atomic E-state index is 11.9. The highest BCUT2D eigenvalue weighted by atomic mass is 16.5. The third-order valence-corrected chi connectivity index (χ3v) is 3.64. The summed E-state index contributed by atoms with van der Waals surface area (Å²) in [6.07, 6.45) is 0.740. The number of ether oxygens (including phenoxy) is 2. The lowest BCUT2D eigenvalue weighted by atomic mass is 10.2. The number of aromatic nitrogens is 3. The van der Waals surface area contributed by atoms with Gasteiger partial charge in [0.05, 0.1) is 31.5 Å². The van der Waals surface area contributed by atoms with Crippen molar-refractivity contribution in [2.75, 3.05) is 13.2 Å². The minimum atomic E-state index is -1.16. The molecular weight excluding hydrogens is 316 g/mol. The Bertz CT molecular complexity index is 718. The number of hydrogen-bond acceptors (Lipinski definition) is 6. The van der Waals surface area contributed by atoms with Gasteiger partial charge in [0.1, 0.15) is 6.61 Å². The molecule has 0 spiro atoms. The standard InChI is InChI=1S/C15H16N4O5/c20-14(21)11-6-19(18-17-11)13-9-23-8-12(13)16-15(22)24-7-10-4-2-1-3-5-10/h1-6,12-13H,7-9H2,(H,16,22)(H,20,21)/t12-,13+/m0/s1. The molecule has 2 aromatic rings. The fourth-order valence-corrected chi connectivity index (χ4v) is 2.39. The average molecular weight is 332 g/mol. The largest absolute Gasteiger partial charge is 0.476 e. The van der Waals surface area contributed by atoms with Crippen LogP contribution in [0.2, 0.25) is 0 Å². The van der Waals surface area contributed by atoms with Gasteiger partial charge in [-0.25, -0.2) is 14.3 Å². The van der Waals surface area contributed by atoms with E-state index < -0.39 is 12.1 Å². The quantitative estimate of drug-likeness (QED) is 0.833. The Morgan fingerprint density at radius 1 is 1.33 bits per heavy atom. The second kappa shape index (κ2) is 7.09. The lowest BCUT2D eigenvalue weighted by Gasteiger charge is -2.18. The first kappa shape index (κ1) is 15.9. The van der Waals surface area contributed by atoms with Gasteiger partial charge in [-0.05, 0) is 5.56 Å². The number of alkyl carbamates (subject to hydrolysis) is 1. The monoisotopic (exact) mass is 332 g/mol. The lowest BCUT2D eigenvalue weighted by Crippen LogP contribution is -2.41. The summed E-state index contributed by atoms with van der Waals surface area (Å²) in [5.74, 6) is -1.16. The first-order valence-electron chi connectivity index (χ1n) is 7.33. The van der Waals surface area contributed by atoms with Crippen LogP contribution in [0.4, 0.5) is 4.79 Å². The van der Waals surface area contributed by atoms with Crippen LogP contribution in [0, 0.1) is 0 Å². The molecule has 0 radical (unpaired) electrons. The second-order valence-corrected chi connectivity index (χ2v) is 5.31. The van der Waals surface area contributed by atoms with Gasteiger partial charge in [0.2, 0.25) is 0 Å². The third-order valence-electron chi connectivity index (χ3n) is 3.64. The molecule has 1 saturated heterocycles. The Hall–Kier alpha value is -2.94. The zero-order valence-electron chi connectivity index (χ0n) is 12.7. The van der Waals surface area contributed by atoms with E-state index in [2.05, 4.69) is 15.6 Å². The fourth-order valence-electron chi connectivity index (χ4n) is 2.39. The number of carbonyl (C=O) groups is 2.